The molecule has 5 rings (SSSR count). The van der Waals surface area contributed by atoms with Crippen LogP contribution >= 0.6 is 0 Å². The van der Waals surface area contributed by atoms with Crippen LogP contribution in [-0.2, 0) is 55.5 Å². The zero-order valence-corrected chi connectivity index (χ0v) is 30.3. The van der Waals surface area contributed by atoms with E-state index in [0.29, 0.717) is 19.6 Å². The molecule has 7 nitrogen and oxygen atoms in total. The number of methoxy groups -OCH3 is 1. The quantitative estimate of drug-likeness (QED) is 0.0778. The van der Waals surface area contributed by atoms with E-state index in [1.165, 1.54) is 11.1 Å². The van der Waals surface area contributed by atoms with Gasteiger partial charge in [-0.1, -0.05) is 110 Å². The molecule has 0 unspecified atom stereocenters. The summed E-state index contributed by atoms with van der Waals surface area (Å²) in [5.41, 5.74) is 6.09. The van der Waals surface area contributed by atoms with Crippen molar-refractivity contribution in [3.63, 3.8) is 0 Å². The zero-order chi connectivity index (χ0) is 36.1. The van der Waals surface area contributed by atoms with Crippen LogP contribution in [0.25, 0.3) is 0 Å². The minimum absolute atomic E-state index is 0.288. The second-order valence-corrected chi connectivity index (χ2v) is 13.6. The fourth-order valence-corrected chi connectivity index (χ4v) is 6.92. The normalized spacial score (nSPS) is 21.4. The average molecular weight is 695 g/mol. The fourth-order valence-electron chi connectivity index (χ4n) is 6.92. The molecule has 0 aliphatic carbocycles. The lowest BCUT2D eigenvalue weighted by Gasteiger charge is -2.56. The van der Waals surface area contributed by atoms with Gasteiger partial charge in [0.25, 0.3) is 0 Å². The van der Waals surface area contributed by atoms with E-state index < -0.39 is 42.7 Å². The van der Waals surface area contributed by atoms with Crippen molar-refractivity contribution in [1.82, 2.24) is 0 Å². The minimum atomic E-state index is -1.52. The molecule has 1 heterocycles. The monoisotopic (exact) mass is 694 g/mol. The molecule has 0 saturated carbocycles. The van der Waals surface area contributed by atoms with Crippen LogP contribution in [0.5, 0.6) is 0 Å². The zero-order valence-electron chi connectivity index (χ0n) is 30.3. The predicted octanol–water partition coefficient (Wildman–Crippen LogP) is 7.47. The summed E-state index contributed by atoms with van der Waals surface area (Å²) in [4.78, 5) is 0. The highest BCUT2D eigenvalue weighted by Crippen LogP contribution is 2.49. The number of hydrogen-bond acceptors (Lipinski definition) is 7. The van der Waals surface area contributed by atoms with Gasteiger partial charge in [-0.2, -0.15) is 0 Å². The number of ether oxygens (including phenoxy) is 5. The lowest BCUT2D eigenvalue weighted by atomic mass is 9.75. The van der Waals surface area contributed by atoms with Crippen molar-refractivity contribution in [3.05, 3.63) is 155 Å². The first-order chi connectivity index (χ1) is 24.9. The molecule has 1 aliphatic heterocycles. The van der Waals surface area contributed by atoms with Gasteiger partial charge in [0.2, 0.25) is 5.79 Å². The molecule has 0 aromatic heterocycles. The number of aryl methyl sites for hydroxylation is 2. The molecule has 0 radical (unpaired) electrons. The van der Waals surface area contributed by atoms with Crippen LogP contribution in [0.3, 0.4) is 0 Å². The molecular formula is C44H54O7. The van der Waals surface area contributed by atoms with Crippen molar-refractivity contribution in [1.29, 1.82) is 0 Å². The van der Waals surface area contributed by atoms with Gasteiger partial charge in [0.1, 0.15) is 11.7 Å². The summed E-state index contributed by atoms with van der Waals surface area (Å²) in [6.45, 7) is 8.82. The summed E-state index contributed by atoms with van der Waals surface area (Å²) < 4.78 is 32.3. The van der Waals surface area contributed by atoms with Gasteiger partial charge >= 0.3 is 0 Å². The number of unbranched alkanes of at least 4 members (excludes halogenated alkanes) is 1. The highest BCUT2D eigenvalue weighted by molar-refractivity contribution is 5.39. The molecule has 4 aromatic carbocycles. The molecule has 1 fully saturated rings. The van der Waals surface area contributed by atoms with Crippen molar-refractivity contribution < 1.29 is 33.9 Å². The summed E-state index contributed by atoms with van der Waals surface area (Å²) in [6, 6.07) is 34.9. The predicted molar refractivity (Wildman–Crippen MR) is 200 cm³/mol. The third-order valence-electron chi connectivity index (χ3n) is 10.2. The van der Waals surface area contributed by atoms with Gasteiger partial charge in [-0.25, -0.2) is 0 Å². The van der Waals surface area contributed by atoms with E-state index in [2.05, 4.69) is 49.9 Å². The second-order valence-electron chi connectivity index (χ2n) is 13.6. The topological polar surface area (TPSA) is 86.6 Å². The van der Waals surface area contributed by atoms with Crippen LogP contribution in [0.4, 0.5) is 0 Å². The molecule has 272 valence electrons. The summed E-state index contributed by atoms with van der Waals surface area (Å²) in [5, 5.41) is 21.7. The van der Waals surface area contributed by atoms with Crippen LogP contribution in [0.1, 0.15) is 58.7 Å². The molecule has 51 heavy (non-hydrogen) atoms. The minimum Gasteiger partial charge on any atom is -0.393 e. The molecule has 7 heteroatoms. The Kier molecular flexibility index (Phi) is 14.2. The van der Waals surface area contributed by atoms with Crippen LogP contribution in [0.15, 0.2) is 116 Å². The Hall–Kier alpha value is -3.66. The third-order valence-corrected chi connectivity index (χ3v) is 10.2. The second kappa shape index (κ2) is 18.7. The summed E-state index contributed by atoms with van der Waals surface area (Å²) in [5.74, 6) is -1.97. The largest absolute Gasteiger partial charge is 0.393 e. The van der Waals surface area contributed by atoms with E-state index in [1.54, 1.807) is 13.2 Å². The number of aliphatic hydroxyl groups is 2. The average Bonchev–Trinajstić information content (AvgIpc) is 3.17. The Bertz CT molecular complexity index is 1620. The van der Waals surface area contributed by atoms with Crippen molar-refractivity contribution in [3.8, 4) is 0 Å². The van der Waals surface area contributed by atoms with Crippen molar-refractivity contribution in [2.24, 2.45) is 5.92 Å². The van der Waals surface area contributed by atoms with Crippen LogP contribution in [-0.4, -0.2) is 61.6 Å². The van der Waals surface area contributed by atoms with E-state index in [-0.39, 0.29) is 6.61 Å². The Labute approximate surface area is 303 Å². The molecule has 0 amide bonds. The van der Waals surface area contributed by atoms with Crippen LogP contribution in [0.2, 0.25) is 0 Å². The standard InChI is InChI=1S/C44H54O7/c1-5-25-48-26-13-12-14-35-20-22-36(23-21-35)27-39-28-40(24-19-33(39)2)44(47-4)42(50-30-38-17-10-7-11-18-38)41(34(3)43(31-45,32-46)51-44)49-29-37-15-8-6-9-16-37/h5-11,15-24,28,34,41-42,45-46H,1,12-14,25-27,29-32H2,2-4H3/t34-,41-,42+,44-/m0/s1. The first-order valence-electron chi connectivity index (χ1n) is 18.0. The molecule has 0 bridgehead atoms. The summed E-state index contributed by atoms with van der Waals surface area (Å²) in [7, 11) is 1.59. The Balaban J connectivity index is 1.46. The Morgan fingerprint density at radius 2 is 1.41 bits per heavy atom. The molecule has 1 aliphatic rings. The van der Waals surface area contributed by atoms with Crippen molar-refractivity contribution in [2.45, 2.75) is 76.3 Å². The maximum Gasteiger partial charge on any atom is 0.225 e. The molecule has 4 aromatic rings. The SMILES string of the molecule is C=CCOCCCCc1ccc(Cc2cc([C@]3(OC)OC(CO)(CO)[C@@H](C)[C@H](OCc4ccccc4)[C@H]3OCc3ccccc3)ccc2C)cc1. The summed E-state index contributed by atoms with van der Waals surface area (Å²) in [6.07, 6.45) is 4.21. The number of rotatable bonds is 19. The van der Waals surface area contributed by atoms with E-state index in [4.69, 9.17) is 23.7 Å². The molecule has 0 spiro atoms. The van der Waals surface area contributed by atoms with Crippen LogP contribution < -0.4 is 0 Å². The van der Waals surface area contributed by atoms with Gasteiger partial charge in [0, 0.05) is 25.2 Å². The van der Waals surface area contributed by atoms with Crippen molar-refractivity contribution in [2.75, 3.05) is 33.5 Å². The molecular weight excluding hydrogens is 640 g/mol. The van der Waals surface area contributed by atoms with Gasteiger partial charge < -0.3 is 33.9 Å². The highest BCUT2D eigenvalue weighted by Gasteiger charge is 2.62. The van der Waals surface area contributed by atoms with Gasteiger partial charge in [0.05, 0.1) is 39.1 Å². The maximum absolute atomic E-state index is 10.9. The smallest absolute Gasteiger partial charge is 0.225 e. The van der Waals surface area contributed by atoms with Crippen molar-refractivity contribution >= 4 is 0 Å². The lowest BCUT2D eigenvalue weighted by Crippen LogP contribution is -2.69. The van der Waals surface area contributed by atoms with Gasteiger partial charge in [-0.3, -0.25) is 0 Å². The summed E-state index contributed by atoms with van der Waals surface area (Å²) >= 11 is 0. The first kappa shape index (κ1) is 38.6. The molecule has 2 N–H and O–H groups in total. The van der Waals surface area contributed by atoms with Crippen LogP contribution in [0, 0.1) is 12.8 Å². The third kappa shape index (κ3) is 9.42. The number of hydrogen-bond donors (Lipinski definition) is 2. The number of aliphatic hydroxyl groups excluding tert-OH is 2. The van der Waals surface area contributed by atoms with Gasteiger partial charge in [-0.05, 0) is 72.1 Å². The van der Waals surface area contributed by atoms with Gasteiger partial charge in [0.15, 0.2) is 0 Å². The van der Waals surface area contributed by atoms with E-state index in [1.807, 2.05) is 73.7 Å². The van der Waals surface area contributed by atoms with E-state index in [0.717, 1.165) is 53.7 Å². The Morgan fingerprint density at radius 1 is 0.784 bits per heavy atom. The number of benzene rings is 4. The van der Waals surface area contributed by atoms with E-state index >= 15 is 0 Å². The Morgan fingerprint density at radius 3 is 2.02 bits per heavy atom. The molecule has 4 atom stereocenters. The fraction of sp³-hybridized carbons (Fsp3) is 0.409. The lowest BCUT2D eigenvalue weighted by molar-refractivity contribution is -0.404. The highest BCUT2D eigenvalue weighted by atomic mass is 16.7. The van der Waals surface area contributed by atoms with E-state index in [9.17, 15) is 10.2 Å². The maximum atomic E-state index is 10.9. The molecule has 1 saturated heterocycles. The first-order valence-corrected chi connectivity index (χ1v) is 18.0. The van der Waals surface area contributed by atoms with Gasteiger partial charge in [-0.15, -0.1) is 6.58 Å².